The molecule has 58 valence electrons. The lowest BCUT2D eigenvalue weighted by molar-refractivity contribution is 0.520. The van der Waals surface area contributed by atoms with E-state index in [2.05, 4.69) is 20.8 Å². The zero-order valence-corrected chi connectivity index (χ0v) is 6.61. The van der Waals surface area contributed by atoms with Crippen molar-refractivity contribution >= 4 is 11.9 Å². The fourth-order valence-electron chi connectivity index (χ4n) is 0.893. The summed E-state index contributed by atoms with van der Waals surface area (Å²) in [4.78, 5) is 8.29. The summed E-state index contributed by atoms with van der Waals surface area (Å²) in [6.45, 7) is 0.746. The number of fused-ring (bicyclic) bond motifs is 1. The van der Waals surface area contributed by atoms with E-state index < -0.39 is 0 Å². The average Bonchev–Trinajstić information content (AvgIpc) is 2.28. The third kappa shape index (κ3) is 1.51. The third-order valence-corrected chi connectivity index (χ3v) is 2.20. The van der Waals surface area contributed by atoms with Gasteiger partial charge in [-0.3, -0.25) is 4.98 Å². The van der Waals surface area contributed by atoms with Crippen molar-refractivity contribution in [1.29, 1.82) is 0 Å². The first-order valence-electron chi connectivity index (χ1n) is 3.30. The summed E-state index contributed by atoms with van der Waals surface area (Å²) in [5.74, 6) is 0. The summed E-state index contributed by atoms with van der Waals surface area (Å²) >= 11 is 1.52. The average molecular weight is 168 g/mol. The van der Waals surface area contributed by atoms with Gasteiger partial charge in [-0.1, -0.05) is 0 Å². The van der Waals surface area contributed by atoms with Gasteiger partial charge in [-0.25, -0.2) is 5.43 Å². The Balaban J connectivity index is 2.33. The van der Waals surface area contributed by atoms with Crippen molar-refractivity contribution in [2.45, 2.75) is 11.4 Å². The SMILES string of the molecule is c1cnc2c(c1)SNNNC2. The zero-order chi connectivity index (χ0) is 7.52. The minimum atomic E-state index is 0.746. The van der Waals surface area contributed by atoms with E-state index in [1.54, 1.807) is 6.20 Å². The number of nitrogens with zero attached hydrogens (tertiary/aromatic N) is 1. The molecule has 1 aromatic heterocycles. The van der Waals surface area contributed by atoms with Crippen LogP contribution in [0.25, 0.3) is 0 Å². The summed E-state index contributed by atoms with van der Waals surface area (Å²) in [5, 5.41) is 0. The number of aromatic nitrogens is 1. The molecule has 0 bridgehead atoms. The number of hydrogen-bond donors (Lipinski definition) is 3. The van der Waals surface area contributed by atoms with Crippen molar-refractivity contribution in [1.82, 2.24) is 20.8 Å². The van der Waals surface area contributed by atoms with Gasteiger partial charge in [0, 0.05) is 11.1 Å². The van der Waals surface area contributed by atoms with Gasteiger partial charge in [0.15, 0.2) is 0 Å². The Hall–Kier alpha value is -0.620. The largest absolute Gasteiger partial charge is 0.259 e. The molecule has 2 rings (SSSR count). The van der Waals surface area contributed by atoms with Crippen molar-refractivity contribution in [2.24, 2.45) is 0 Å². The molecule has 0 fully saturated rings. The quantitative estimate of drug-likeness (QED) is 0.483. The molecule has 0 amide bonds. The predicted molar refractivity (Wildman–Crippen MR) is 43.2 cm³/mol. The molecular weight excluding hydrogens is 160 g/mol. The standard InChI is InChI=1S/C6H8N4S/c1-2-6-5(7-3-1)4-8-9-10-11-6/h1-3,8-10H,4H2. The van der Waals surface area contributed by atoms with E-state index in [1.165, 1.54) is 11.9 Å². The topological polar surface area (TPSA) is 49.0 Å². The van der Waals surface area contributed by atoms with Gasteiger partial charge < -0.3 is 0 Å². The van der Waals surface area contributed by atoms with Gasteiger partial charge in [0.25, 0.3) is 0 Å². The van der Waals surface area contributed by atoms with Gasteiger partial charge in [0.2, 0.25) is 0 Å². The number of nitrogens with one attached hydrogen (secondary N) is 3. The highest BCUT2D eigenvalue weighted by Crippen LogP contribution is 2.17. The molecule has 0 aliphatic carbocycles. The second kappa shape index (κ2) is 3.19. The van der Waals surface area contributed by atoms with Crippen LogP contribution in [-0.2, 0) is 6.54 Å². The molecule has 0 radical (unpaired) electrons. The van der Waals surface area contributed by atoms with Gasteiger partial charge in [-0.2, -0.15) is 10.4 Å². The highest BCUT2D eigenvalue weighted by Gasteiger charge is 2.05. The summed E-state index contributed by atoms with van der Waals surface area (Å²) in [5.41, 5.74) is 6.84. The van der Waals surface area contributed by atoms with Crippen molar-refractivity contribution in [3.05, 3.63) is 24.0 Å². The minimum Gasteiger partial charge on any atom is -0.259 e. The van der Waals surface area contributed by atoms with E-state index >= 15 is 0 Å². The number of hydrazine groups is 2. The van der Waals surface area contributed by atoms with Crippen LogP contribution in [0.2, 0.25) is 0 Å². The molecule has 4 nitrogen and oxygen atoms in total. The Bertz CT molecular complexity index is 227. The normalized spacial score (nSPS) is 17.1. The molecule has 3 N–H and O–H groups in total. The molecule has 0 saturated carbocycles. The Labute approximate surface area is 68.9 Å². The van der Waals surface area contributed by atoms with E-state index in [0.717, 1.165) is 17.1 Å². The molecule has 0 unspecified atom stereocenters. The maximum Gasteiger partial charge on any atom is 0.0705 e. The predicted octanol–water partition coefficient (Wildman–Crippen LogP) is 0.201. The van der Waals surface area contributed by atoms with Gasteiger partial charge in [0.1, 0.15) is 0 Å². The monoisotopic (exact) mass is 168 g/mol. The van der Waals surface area contributed by atoms with Crippen molar-refractivity contribution < 1.29 is 0 Å². The first kappa shape index (κ1) is 7.05. The molecule has 1 aliphatic heterocycles. The second-order valence-electron chi connectivity index (χ2n) is 2.13. The van der Waals surface area contributed by atoms with Gasteiger partial charge in [0.05, 0.1) is 12.2 Å². The number of hydrogen-bond acceptors (Lipinski definition) is 5. The second-order valence-corrected chi connectivity index (χ2v) is 2.98. The first-order chi connectivity index (χ1) is 5.47. The molecule has 0 saturated heterocycles. The number of rotatable bonds is 0. The lowest BCUT2D eigenvalue weighted by Crippen LogP contribution is -2.36. The summed E-state index contributed by atoms with van der Waals surface area (Å²) in [7, 11) is 0. The Kier molecular flexibility index (Phi) is 2.04. The Morgan fingerprint density at radius 3 is 3.55 bits per heavy atom. The summed E-state index contributed by atoms with van der Waals surface area (Å²) < 4.78 is 0. The lowest BCUT2D eigenvalue weighted by atomic mass is 10.3. The van der Waals surface area contributed by atoms with Crippen LogP contribution >= 0.6 is 11.9 Å². The van der Waals surface area contributed by atoms with E-state index in [4.69, 9.17) is 0 Å². The molecule has 5 heteroatoms. The summed E-state index contributed by atoms with van der Waals surface area (Å²) in [6.07, 6.45) is 1.80. The van der Waals surface area contributed by atoms with E-state index in [9.17, 15) is 0 Å². The van der Waals surface area contributed by atoms with E-state index in [0.29, 0.717) is 0 Å². The van der Waals surface area contributed by atoms with Crippen LogP contribution in [0.4, 0.5) is 0 Å². The van der Waals surface area contributed by atoms with Crippen molar-refractivity contribution in [2.75, 3.05) is 0 Å². The Morgan fingerprint density at radius 1 is 1.55 bits per heavy atom. The fourth-order valence-corrected chi connectivity index (χ4v) is 1.52. The zero-order valence-electron chi connectivity index (χ0n) is 5.79. The smallest absolute Gasteiger partial charge is 0.0705 e. The van der Waals surface area contributed by atoms with Crippen LogP contribution in [-0.4, -0.2) is 4.98 Å². The van der Waals surface area contributed by atoms with Crippen LogP contribution in [0.3, 0.4) is 0 Å². The van der Waals surface area contributed by atoms with Gasteiger partial charge in [-0.05, 0) is 24.1 Å². The van der Waals surface area contributed by atoms with Crippen LogP contribution < -0.4 is 15.8 Å². The molecule has 11 heavy (non-hydrogen) atoms. The summed E-state index contributed by atoms with van der Waals surface area (Å²) in [6, 6.07) is 3.97. The fraction of sp³-hybridized carbons (Fsp3) is 0.167. The van der Waals surface area contributed by atoms with E-state index in [-0.39, 0.29) is 0 Å². The lowest BCUT2D eigenvalue weighted by Gasteiger charge is -1.98. The van der Waals surface area contributed by atoms with Crippen LogP contribution in [0, 0.1) is 0 Å². The first-order valence-corrected chi connectivity index (χ1v) is 4.12. The van der Waals surface area contributed by atoms with Crippen LogP contribution in [0.5, 0.6) is 0 Å². The minimum absolute atomic E-state index is 0.746. The van der Waals surface area contributed by atoms with Gasteiger partial charge in [-0.15, -0.1) is 0 Å². The molecular formula is C6H8N4S. The van der Waals surface area contributed by atoms with Crippen molar-refractivity contribution in [3.8, 4) is 0 Å². The highest BCUT2D eigenvalue weighted by molar-refractivity contribution is 7.97. The van der Waals surface area contributed by atoms with Gasteiger partial charge >= 0.3 is 0 Å². The molecule has 0 aromatic carbocycles. The van der Waals surface area contributed by atoms with E-state index in [1.807, 2.05) is 12.1 Å². The molecule has 1 aliphatic rings. The molecule has 0 spiro atoms. The van der Waals surface area contributed by atoms with Crippen LogP contribution in [0.1, 0.15) is 5.69 Å². The molecule has 1 aromatic rings. The third-order valence-electron chi connectivity index (χ3n) is 1.40. The van der Waals surface area contributed by atoms with Crippen LogP contribution in [0.15, 0.2) is 23.2 Å². The Morgan fingerprint density at radius 2 is 2.55 bits per heavy atom. The maximum absolute atomic E-state index is 4.22. The molecule has 0 atom stereocenters. The highest BCUT2D eigenvalue weighted by atomic mass is 32.2. The molecule has 2 heterocycles. The maximum atomic E-state index is 4.22. The van der Waals surface area contributed by atoms with Crippen molar-refractivity contribution in [3.63, 3.8) is 0 Å². The number of pyridine rings is 1.